The first kappa shape index (κ1) is 18.8. The van der Waals surface area contributed by atoms with E-state index in [1.165, 1.54) is 41.8 Å². The van der Waals surface area contributed by atoms with Gasteiger partial charge in [-0.05, 0) is 60.3 Å². The van der Waals surface area contributed by atoms with Crippen molar-refractivity contribution >= 4 is 34.8 Å². The fourth-order valence-corrected chi connectivity index (χ4v) is 3.77. The molecule has 0 aliphatic heterocycles. The maximum absolute atomic E-state index is 13.2. The van der Waals surface area contributed by atoms with Gasteiger partial charge in [0.05, 0.1) is 22.3 Å². The number of pyridine rings is 1. The summed E-state index contributed by atoms with van der Waals surface area (Å²) in [6.45, 7) is 1.83. The molecule has 0 atom stereocenters. The lowest BCUT2D eigenvalue weighted by Crippen LogP contribution is -2.16. The maximum atomic E-state index is 13.2. The van der Waals surface area contributed by atoms with Gasteiger partial charge >= 0.3 is 0 Å². The van der Waals surface area contributed by atoms with Crippen LogP contribution in [0.25, 0.3) is 5.52 Å². The second kappa shape index (κ2) is 7.81. The van der Waals surface area contributed by atoms with Crippen molar-refractivity contribution in [3.63, 3.8) is 0 Å². The van der Waals surface area contributed by atoms with Crippen molar-refractivity contribution < 1.29 is 14.0 Å². The summed E-state index contributed by atoms with van der Waals surface area (Å²) in [6, 6.07) is 14.5. The van der Waals surface area contributed by atoms with Gasteiger partial charge in [-0.2, -0.15) is 5.10 Å². The number of nitrogens with zero attached hydrogens (tertiary/aromatic N) is 2. The van der Waals surface area contributed by atoms with Crippen LogP contribution in [0.5, 0.6) is 0 Å². The molecule has 1 aromatic carbocycles. The van der Waals surface area contributed by atoms with Crippen molar-refractivity contribution in [2.45, 2.75) is 6.92 Å². The monoisotopic (exact) mass is 405 g/mol. The smallest absolute Gasteiger partial charge is 0.281 e. The molecule has 7 heteroatoms. The number of fused-ring (bicyclic) bond motifs is 1. The van der Waals surface area contributed by atoms with Crippen LogP contribution >= 0.6 is 11.3 Å². The Bertz CT molecular complexity index is 1230. The zero-order chi connectivity index (χ0) is 20.4. The highest BCUT2D eigenvalue weighted by atomic mass is 32.1. The van der Waals surface area contributed by atoms with Gasteiger partial charge in [0.25, 0.3) is 5.91 Å². The summed E-state index contributed by atoms with van der Waals surface area (Å²) in [5, 5.41) is 5.89. The van der Waals surface area contributed by atoms with Crippen LogP contribution in [-0.4, -0.2) is 22.3 Å². The highest BCUT2D eigenvalue weighted by Gasteiger charge is 2.21. The lowest BCUT2D eigenvalue weighted by molar-refractivity contribution is 0.0958. The molecule has 5 nitrogen and oxygen atoms in total. The minimum atomic E-state index is -0.396. The molecule has 0 saturated carbocycles. The number of hydrogen-bond acceptors (Lipinski definition) is 4. The summed E-state index contributed by atoms with van der Waals surface area (Å²) in [5.74, 6) is -0.904. The predicted octanol–water partition coefficient (Wildman–Crippen LogP) is 4.44. The van der Waals surface area contributed by atoms with E-state index in [9.17, 15) is 14.0 Å². The van der Waals surface area contributed by atoms with Gasteiger partial charge in [0.1, 0.15) is 5.82 Å². The fraction of sp³-hybridized carbons (Fsp3) is 0.0455. The molecule has 0 aliphatic rings. The molecule has 0 unspecified atom stereocenters. The normalized spacial score (nSPS) is 11.2. The Morgan fingerprint density at radius 2 is 1.90 bits per heavy atom. The van der Waals surface area contributed by atoms with Crippen LogP contribution in [0.15, 0.2) is 71.3 Å². The molecular formula is C22H16FN3O2S. The van der Waals surface area contributed by atoms with Crippen LogP contribution in [0.1, 0.15) is 36.9 Å². The van der Waals surface area contributed by atoms with Crippen LogP contribution in [0.4, 0.5) is 4.39 Å². The number of aromatic nitrogens is 1. The molecule has 29 heavy (non-hydrogen) atoms. The molecule has 4 aromatic rings. The van der Waals surface area contributed by atoms with Gasteiger partial charge in [0.2, 0.25) is 5.78 Å². The van der Waals surface area contributed by atoms with Crippen molar-refractivity contribution in [3.05, 3.63) is 99.3 Å². The van der Waals surface area contributed by atoms with E-state index in [2.05, 4.69) is 10.5 Å². The quantitative estimate of drug-likeness (QED) is 0.303. The van der Waals surface area contributed by atoms with Crippen LogP contribution in [0.3, 0.4) is 0 Å². The van der Waals surface area contributed by atoms with E-state index in [1.54, 1.807) is 22.7 Å². The van der Waals surface area contributed by atoms with Gasteiger partial charge in [-0.1, -0.05) is 12.1 Å². The third-order valence-corrected chi connectivity index (χ3v) is 5.43. The minimum absolute atomic E-state index is 0.217. The number of halogens is 1. The highest BCUT2D eigenvalue weighted by Crippen LogP contribution is 2.24. The summed E-state index contributed by atoms with van der Waals surface area (Å²) < 4.78 is 15.0. The Labute approximate surface area is 170 Å². The zero-order valence-electron chi connectivity index (χ0n) is 15.4. The molecule has 0 radical (unpaired) electrons. The van der Waals surface area contributed by atoms with E-state index in [0.29, 0.717) is 16.1 Å². The van der Waals surface area contributed by atoms with Crippen LogP contribution in [-0.2, 0) is 0 Å². The van der Waals surface area contributed by atoms with Crippen LogP contribution < -0.4 is 5.43 Å². The number of hydrazone groups is 1. The number of hydrogen-bond donors (Lipinski definition) is 1. The maximum Gasteiger partial charge on any atom is 0.281 e. The van der Waals surface area contributed by atoms with Crippen molar-refractivity contribution in [2.75, 3.05) is 0 Å². The van der Waals surface area contributed by atoms with Crippen molar-refractivity contribution in [1.82, 2.24) is 9.83 Å². The number of carbonyl (C=O) groups is 2. The Morgan fingerprint density at radius 3 is 2.62 bits per heavy atom. The average Bonchev–Trinajstić information content (AvgIpc) is 3.35. The number of ketones is 1. The molecule has 4 rings (SSSR count). The van der Waals surface area contributed by atoms with Crippen molar-refractivity contribution in [2.24, 2.45) is 5.10 Å². The summed E-state index contributed by atoms with van der Waals surface area (Å²) in [6.07, 6.45) is 3.33. The zero-order valence-corrected chi connectivity index (χ0v) is 16.2. The second-order valence-electron chi connectivity index (χ2n) is 6.36. The average molecular weight is 405 g/mol. The molecule has 0 bridgehead atoms. The number of nitrogens with one attached hydrogen (secondary N) is 1. The molecule has 0 fully saturated rings. The Morgan fingerprint density at radius 1 is 1.10 bits per heavy atom. The molecule has 0 spiro atoms. The Kier molecular flexibility index (Phi) is 5.05. The molecule has 1 N–H and O–H groups in total. The first-order valence-electron chi connectivity index (χ1n) is 8.83. The van der Waals surface area contributed by atoms with Crippen molar-refractivity contribution in [3.8, 4) is 0 Å². The summed E-state index contributed by atoms with van der Waals surface area (Å²) in [7, 11) is 0. The Balaban J connectivity index is 1.71. The lowest BCUT2D eigenvalue weighted by atomic mass is 10.0. The SMILES string of the molecule is Cc1c(/C=N/NC(=O)c2cccs2)c2ccccn2c1C(=O)c1ccc(F)cc1. The molecule has 0 saturated heterocycles. The third kappa shape index (κ3) is 3.60. The number of rotatable bonds is 5. The number of amides is 1. The summed E-state index contributed by atoms with van der Waals surface area (Å²) in [4.78, 5) is 25.7. The summed E-state index contributed by atoms with van der Waals surface area (Å²) >= 11 is 1.33. The molecule has 1 amide bonds. The number of thiophene rings is 1. The van der Waals surface area contributed by atoms with Gasteiger partial charge in [-0.3, -0.25) is 9.59 Å². The summed E-state index contributed by atoms with van der Waals surface area (Å²) in [5.41, 5.74) is 5.60. The van der Waals surface area contributed by atoms with E-state index < -0.39 is 5.82 Å². The first-order valence-corrected chi connectivity index (χ1v) is 9.71. The number of benzene rings is 1. The van der Waals surface area contributed by atoms with E-state index in [4.69, 9.17) is 0 Å². The minimum Gasteiger partial charge on any atom is -0.313 e. The topological polar surface area (TPSA) is 62.9 Å². The molecule has 0 aliphatic carbocycles. The first-order chi connectivity index (χ1) is 14.1. The van der Waals surface area contributed by atoms with E-state index in [-0.39, 0.29) is 11.7 Å². The molecule has 3 heterocycles. The standard InChI is InChI=1S/C22H16FN3O2S/c1-14-17(13-24-25-22(28)19-6-4-12-29-19)18-5-2-3-11-26(18)20(14)21(27)15-7-9-16(23)10-8-15/h2-13H,1H3,(H,25,28)/b24-13+. The molecule has 3 aromatic heterocycles. The van der Waals surface area contributed by atoms with Gasteiger partial charge in [-0.25, -0.2) is 9.82 Å². The van der Waals surface area contributed by atoms with Gasteiger partial charge < -0.3 is 4.40 Å². The largest absolute Gasteiger partial charge is 0.313 e. The second-order valence-corrected chi connectivity index (χ2v) is 7.30. The van der Waals surface area contributed by atoms with Crippen LogP contribution in [0, 0.1) is 12.7 Å². The Hall–Kier alpha value is -3.58. The number of carbonyl (C=O) groups excluding carboxylic acids is 2. The van der Waals surface area contributed by atoms with Gasteiger partial charge in [-0.15, -0.1) is 11.3 Å². The molecule has 144 valence electrons. The van der Waals surface area contributed by atoms with E-state index in [0.717, 1.165) is 16.6 Å². The van der Waals surface area contributed by atoms with E-state index >= 15 is 0 Å². The van der Waals surface area contributed by atoms with Gasteiger partial charge in [0.15, 0.2) is 0 Å². The highest BCUT2D eigenvalue weighted by molar-refractivity contribution is 7.12. The van der Waals surface area contributed by atoms with Gasteiger partial charge in [0, 0.05) is 17.3 Å². The van der Waals surface area contributed by atoms with Crippen LogP contribution in [0.2, 0.25) is 0 Å². The van der Waals surface area contributed by atoms with E-state index in [1.807, 2.05) is 30.5 Å². The fourth-order valence-electron chi connectivity index (χ4n) is 3.16. The lowest BCUT2D eigenvalue weighted by Gasteiger charge is -2.04. The van der Waals surface area contributed by atoms with Crippen molar-refractivity contribution in [1.29, 1.82) is 0 Å². The predicted molar refractivity (Wildman–Crippen MR) is 111 cm³/mol. The third-order valence-electron chi connectivity index (χ3n) is 4.56. The molecular weight excluding hydrogens is 389 g/mol.